The van der Waals surface area contributed by atoms with E-state index in [9.17, 15) is 4.79 Å². The SMILES string of the molecule is Cc1cscc1-c1cc(C(=O)N2CCCCC2)ccn1. The van der Waals surface area contributed by atoms with Gasteiger partial charge in [0.1, 0.15) is 0 Å². The quantitative estimate of drug-likeness (QED) is 0.842. The molecule has 0 radical (unpaired) electrons. The Labute approximate surface area is 123 Å². The average molecular weight is 286 g/mol. The zero-order valence-corrected chi connectivity index (χ0v) is 12.4. The van der Waals surface area contributed by atoms with Crippen LogP contribution in [0.4, 0.5) is 0 Å². The number of pyridine rings is 1. The molecule has 1 fully saturated rings. The molecule has 0 saturated carbocycles. The van der Waals surface area contributed by atoms with Crippen molar-refractivity contribution < 1.29 is 4.79 Å². The number of aryl methyl sites for hydroxylation is 1. The summed E-state index contributed by atoms with van der Waals surface area (Å²) in [6.45, 7) is 3.84. The highest BCUT2D eigenvalue weighted by Gasteiger charge is 2.18. The third-order valence-electron chi connectivity index (χ3n) is 3.78. The fraction of sp³-hybridized carbons (Fsp3) is 0.375. The maximum atomic E-state index is 12.5. The fourth-order valence-corrected chi connectivity index (χ4v) is 3.46. The minimum absolute atomic E-state index is 0.140. The number of aromatic nitrogens is 1. The summed E-state index contributed by atoms with van der Waals surface area (Å²) in [4.78, 5) is 18.9. The monoisotopic (exact) mass is 286 g/mol. The minimum atomic E-state index is 0.140. The lowest BCUT2D eigenvalue weighted by atomic mass is 10.1. The van der Waals surface area contributed by atoms with Crippen LogP contribution in [0.1, 0.15) is 35.2 Å². The molecule has 3 nitrogen and oxygen atoms in total. The van der Waals surface area contributed by atoms with Gasteiger partial charge in [-0.1, -0.05) is 0 Å². The van der Waals surface area contributed by atoms with Crippen molar-refractivity contribution in [2.75, 3.05) is 13.1 Å². The number of thiophene rings is 1. The summed E-state index contributed by atoms with van der Waals surface area (Å²) < 4.78 is 0. The van der Waals surface area contributed by atoms with E-state index in [-0.39, 0.29) is 5.91 Å². The van der Waals surface area contributed by atoms with Crippen LogP contribution in [-0.4, -0.2) is 28.9 Å². The fourth-order valence-electron chi connectivity index (χ4n) is 2.61. The molecular formula is C16H18N2OS. The van der Waals surface area contributed by atoms with Crippen LogP contribution >= 0.6 is 11.3 Å². The first kappa shape index (κ1) is 13.3. The first-order valence-electron chi connectivity index (χ1n) is 7.04. The van der Waals surface area contributed by atoms with Crippen molar-refractivity contribution in [3.8, 4) is 11.3 Å². The third-order valence-corrected chi connectivity index (χ3v) is 4.64. The summed E-state index contributed by atoms with van der Waals surface area (Å²) >= 11 is 1.67. The van der Waals surface area contributed by atoms with Crippen LogP contribution in [0.3, 0.4) is 0 Å². The number of carbonyl (C=O) groups excluding carboxylic acids is 1. The Kier molecular flexibility index (Phi) is 3.83. The number of hydrogen-bond donors (Lipinski definition) is 0. The lowest BCUT2D eigenvalue weighted by molar-refractivity contribution is 0.0724. The number of hydrogen-bond acceptors (Lipinski definition) is 3. The molecule has 2 aromatic heterocycles. The Morgan fingerprint density at radius 2 is 2.05 bits per heavy atom. The van der Waals surface area contributed by atoms with E-state index in [0.29, 0.717) is 0 Å². The average Bonchev–Trinajstić information content (AvgIpc) is 2.94. The van der Waals surface area contributed by atoms with Crippen molar-refractivity contribution in [2.45, 2.75) is 26.2 Å². The highest BCUT2D eigenvalue weighted by atomic mass is 32.1. The van der Waals surface area contributed by atoms with Gasteiger partial charge in [-0.15, -0.1) is 0 Å². The van der Waals surface area contributed by atoms with E-state index in [1.54, 1.807) is 17.5 Å². The summed E-state index contributed by atoms with van der Waals surface area (Å²) in [5, 5.41) is 4.20. The molecule has 1 aliphatic heterocycles. The van der Waals surface area contributed by atoms with Gasteiger partial charge in [-0.3, -0.25) is 9.78 Å². The zero-order chi connectivity index (χ0) is 13.9. The summed E-state index contributed by atoms with van der Waals surface area (Å²) in [5.74, 6) is 0.140. The summed E-state index contributed by atoms with van der Waals surface area (Å²) in [5.41, 5.74) is 3.99. The Bertz CT molecular complexity index is 614. The highest BCUT2D eigenvalue weighted by Crippen LogP contribution is 2.26. The molecule has 0 aromatic carbocycles. The molecule has 2 aromatic rings. The first-order chi connectivity index (χ1) is 9.75. The summed E-state index contributed by atoms with van der Waals surface area (Å²) in [7, 11) is 0. The van der Waals surface area contributed by atoms with E-state index >= 15 is 0 Å². The number of likely N-dealkylation sites (tertiary alicyclic amines) is 1. The van der Waals surface area contributed by atoms with Crippen LogP contribution < -0.4 is 0 Å². The third kappa shape index (κ3) is 2.61. The molecule has 1 amide bonds. The topological polar surface area (TPSA) is 33.2 Å². The molecule has 4 heteroatoms. The molecule has 20 heavy (non-hydrogen) atoms. The maximum absolute atomic E-state index is 12.5. The highest BCUT2D eigenvalue weighted by molar-refractivity contribution is 7.08. The van der Waals surface area contributed by atoms with Gasteiger partial charge in [-0.2, -0.15) is 11.3 Å². The molecule has 0 N–H and O–H groups in total. The van der Waals surface area contributed by atoms with Crippen LogP contribution in [-0.2, 0) is 0 Å². The van der Waals surface area contributed by atoms with Crippen molar-refractivity contribution in [3.05, 3.63) is 40.2 Å². The second-order valence-electron chi connectivity index (χ2n) is 5.25. The molecule has 0 unspecified atom stereocenters. The first-order valence-corrected chi connectivity index (χ1v) is 7.98. The molecule has 3 heterocycles. The van der Waals surface area contributed by atoms with Gasteiger partial charge in [0.15, 0.2) is 0 Å². The van der Waals surface area contributed by atoms with Crippen LogP contribution in [0.2, 0.25) is 0 Å². The Morgan fingerprint density at radius 3 is 2.75 bits per heavy atom. The van der Waals surface area contributed by atoms with Crippen LogP contribution in [0.5, 0.6) is 0 Å². The second-order valence-corrected chi connectivity index (χ2v) is 5.99. The van der Waals surface area contributed by atoms with Gasteiger partial charge in [0, 0.05) is 35.8 Å². The molecule has 0 bridgehead atoms. The van der Waals surface area contributed by atoms with Crippen molar-refractivity contribution in [2.24, 2.45) is 0 Å². The van der Waals surface area contributed by atoms with Crippen molar-refractivity contribution in [3.63, 3.8) is 0 Å². The van der Waals surface area contributed by atoms with Crippen LogP contribution in [0.25, 0.3) is 11.3 Å². The summed E-state index contributed by atoms with van der Waals surface area (Å²) in [6.07, 6.45) is 5.21. The van der Waals surface area contributed by atoms with E-state index in [1.807, 2.05) is 17.0 Å². The smallest absolute Gasteiger partial charge is 0.253 e. The maximum Gasteiger partial charge on any atom is 0.253 e. The predicted octanol–water partition coefficient (Wildman–Crippen LogP) is 3.74. The standard InChI is InChI=1S/C16H18N2OS/c1-12-10-20-11-14(12)15-9-13(5-6-17-15)16(19)18-7-3-2-4-8-18/h5-6,9-11H,2-4,7-8H2,1H3. The molecule has 0 atom stereocenters. The van der Waals surface area contributed by atoms with Gasteiger partial charge < -0.3 is 4.90 Å². The van der Waals surface area contributed by atoms with Gasteiger partial charge in [0.05, 0.1) is 5.69 Å². The molecule has 104 valence electrons. The van der Waals surface area contributed by atoms with Gasteiger partial charge in [-0.05, 0) is 49.3 Å². The predicted molar refractivity (Wildman–Crippen MR) is 82.0 cm³/mol. The molecule has 1 aliphatic rings. The zero-order valence-electron chi connectivity index (χ0n) is 11.6. The van der Waals surface area contributed by atoms with E-state index in [2.05, 4.69) is 22.7 Å². The van der Waals surface area contributed by atoms with Crippen molar-refractivity contribution >= 4 is 17.2 Å². The van der Waals surface area contributed by atoms with Gasteiger partial charge in [-0.25, -0.2) is 0 Å². The van der Waals surface area contributed by atoms with E-state index in [1.165, 1.54) is 12.0 Å². The number of rotatable bonds is 2. The van der Waals surface area contributed by atoms with Crippen molar-refractivity contribution in [1.29, 1.82) is 0 Å². The van der Waals surface area contributed by atoms with Crippen LogP contribution in [0.15, 0.2) is 29.1 Å². The summed E-state index contributed by atoms with van der Waals surface area (Å²) in [6, 6.07) is 3.74. The number of carbonyl (C=O) groups is 1. The lowest BCUT2D eigenvalue weighted by Crippen LogP contribution is -2.35. The largest absolute Gasteiger partial charge is 0.339 e. The number of piperidine rings is 1. The Balaban J connectivity index is 1.87. The van der Waals surface area contributed by atoms with E-state index in [0.717, 1.165) is 42.8 Å². The van der Waals surface area contributed by atoms with Gasteiger partial charge in [0.2, 0.25) is 0 Å². The van der Waals surface area contributed by atoms with Gasteiger partial charge in [0.25, 0.3) is 5.91 Å². The number of amides is 1. The lowest BCUT2D eigenvalue weighted by Gasteiger charge is -2.26. The van der Waals surface area contributed by atoms with Crippen molar-refractivity contribution in [1.82, 2.24) is 9.88 Å². The van der Waals surface area contributed by atoms with Gasteiger partial charge >= 0.3 is 0 Å². The van der Waals surface area contributed by atoms with Crippen LogP contribution in [0, 0.1) is 6.92 Å². The normalized spacial score (nSPS) is 15.3. The number of nitrogens with zero attached hydrogens (tertiary/aromatic N) is 2. The second kappa shape index (κ2) is 5.75. The van der Waals surface area contributed by atoms with E-state index in [4.69, 9.17) is 0 Å². The molecule has 3 rings (SSSR count). The Morgan fingerprint density at radius 1 is 1.25 bits per heavy atom. The molecular weight excluding hydrogens is 268 g/mol. The Hall–Kier alpha value is -1.68. The molecule has 0 aliphatic carbocycles. The molecule has 0 spiro atoms. The minimum Gasteiger partial charge on any atom is -0.339 e. The van der Waals surface area contributed by atoms with E-state index < -0.39 is 0 Å². The molecule has 1 saturated heterocycles.